The number of hydrogen-bond donors (Lipinski definition) is 0. The number of rotatable bonds is 7. The molecular formula is C23H28N4O3S. The van der Waals surface area contributed by atoms with Gasteiger partial charge in [0.1, 0.15) is 6.54 Å². The summed E-state index contributed by atoms with van der Waals surface area (Å²) < 4.78 is 8.19. The summed E-state index contributed by atoms with van der Waals surface area (Å²) in [6.07, 6.45) is 2.57. The van der Waals surface area contributed by atoms with E-state index in [4.69, 9.17) is 9.72 Å². The molecule has 0 saturated heterocycles. The molecule has 0 bridgehead atoms. The molecule has 1 aliphatic carbocycles. The fourth-order valence-corrected chi connectivity index (χ4v) is 5.06. The zero-order valence-corrected chi connectivity index (χ0v) is 19.3. The van der Waals surface area contributed by atoms with Gasteiger partial charge in [-0.3, -0.25) is 9.59 Å². The van der Waals surface area contributed by atoms with E-state index >= 15 is 0 Å². The van der Waals surface area contributed by atoms with E-state index in [0.29, 0.717) is 23.2 Å². The van der Waals surface area contributed by atoms with Crippen LogP contribution < -0.4 is 5.56 Å². The van der Waals surface area contributed by atoms with Crippen LogP contribution in [0.1, 0.15) is 51.7 Å². The van der Waals surface area contributed by atoms with E-state index in [1.807, 2.05) is 18.2 Å². The average molecular weight is 441 g/mol. The highest BCUT2D eigenvalue weighted by Gasteiger charge is 2.38. The normalized spacial score (nSPS) is 17.4. The quantitative estimate of drug-likeness (QED) is 0.410. The van der Waals surface area contributed by atoms with Gasteiger partial charge in [-0.15, -0.1) is 5.10 Å². The molecule has 1 atom stereocenters. The van der Waals surface area contributed by atoms with Gasteiger partial charge in [-0.1, -0.05) is 56.8 Å². The number of carbonyl (C=O) groups excluding carboxylic acids is 1. The van der Waals surface area contributed by atoms with E-state index in [-0.39, 0.29) is 17.5 Å². The van der Waals surface area contributed by atoms with Crippen molar-refractivity contribution in [1.29, 1.82) is 0 Å². The molecule has 0 amide bonds. The zero-order valence-electron chi connectivity index (χ0n) is 18.5. The molecule has 31 heavy (non-hydrogen) atoms. The molecule has 0 spiro atoms. The van der Waals surface area contributed by atoms with E-state index in [9.17, 15) is 9.59 Å². The van der Waals surface area contributed by atoms with Crippen molar-refractivity contribution in [1.82, 2.24) is 19.2 Å². The molecule has 164 valence electrons. The summed E-state index contributed by atoms with van der Waals surface area (Å²) in [5.41, 5.74) is 3.20. The summed E-state index contributed by atoms with van der Waals surface area (Å²) in [5.74, 6) is 0.805. The Morgan fingerprint density at radius 3 is 2.74 bits per heavy atom. The Morgan fingerprint density at radius 1 is 1.26 bits per heavy atom. The van der Waals surface area contributed by atoms with Crippen LogP contribution in [-0.2, 0) is 27.9 Å². The lowest BCUT2D eigenvalue weighted by molar-refractivity contribution is -0.143. The van der Waals surface area contributed by atoms with E-state index in [1.165, 1.54) is 22.0 Å². The Bertz CT molecular complexity index is 1200. The van der Waals surface area contributed by atoms with Crippen molar-refractivity contribution in [3.8, 4) is 11.3 Å². The molecular weight excluding hydrogens is 412 g/mol. The highest BCUT2D eigenvalue weighted by atomic mass is 32.2. The number of hydrogen-bond acceptors (Lipinski definition) is 6. The molecule has 0 N–H and O–H groups in total. The summed E-state index contributed by atoms with van der Waals surface area (Å²) >= 11 is 1.51. The third-order valence-corrected chi connectivity index (χ3v) is 7.09. The molecule has 0 aliphatic heterocycles. The first-order chi connectivity index (χ1) is 14.9. The Kier molecular flexibility index (Phi) is 5.92. The van der Waals surface area contributed by atoms with Gasteiger partial charge in [-0.25, -0.2) is 14.1 Å². The van der Waals surface area contributed by atoms with Gasteiger partial charge in [0, 0.05) is 16.7 Å². The molecule has 8 heteroatoms. The number of carbonyl (C=O) groups is 1. The molecule has 1 aromatic carbocycles. The Balaban J connectivity index is 2.02. The first kappa shape index (κ1) is 21.6. The van der Waals surface area contributed by atoms with Crippen molar-refractivity contribution in [2.45, 2.75) is 64.1 Å². The van der Waals surface area contributed by atoms with Crippen molar-refractivity contribution in [2.24, 2.45) is 0 Å². The first-order valence-corrected chi connectivity index (χ1v) is 11.8. The third-order valence-electron chi connectivity index (χ3n) is 5.95. The SMILES string of the molecule is CCCSc1nn(CC(=O)OCC)c2nc3c(c(=O)n12)[C@](C)(CC)Cc1ccccc1-3. The summed E-state index contributed by atoms with van der Waals surface area (Å²) in [5, 5.41) is 5.16. The van der Waals surface area contributed by atoms with Gasteiger partial charge in [-0.2, -0.15) is 0 Å². The molecule has 3 aromatic rings. The Hall–Kier alpha value is -2.61. The summed E-state index contributed by atoms with van der Waals surface area (Å²) in [6, 6.07) is 8.12. The minimum absolute atomic E-state index is 0.0814. The highest BCUT2D eigenvalue weighted by molar-refractivity contribution is 7.99. The van der Waals surface area contributed by atoms with Crippen LogP contribution in [0.2, 0.25) is 0 Å². The van der Waals surface area contributed by atoms with E-state index in [1.54, 1.807) is 11.3 Å². The van der Waals surface area contributed by atoms with Crippen molar-refractivity contribution in [3.63, 3.8) is 0 Å². The van der Waals surface area contributed by atoms with Crippen LogP contribution >= 0.6 is 11.8 Å². The number of esters is 1. The van der Waals surface area contributed by atoms with Crippen LogP contribution in [0.5, 0.6) is 0 Å². The van der Waals surface area contributed by atoms with Crippen LogP contribution in [0.25, 0.3) is 17.0 Å². The predicted octanol–water partition coefficient (Wildman–Crippen LogP) is 3.85. The topological polar surface area (TPSA) is 78.5 Å². The molecule has 0 unspecified atom stereocenters. The number of ether oxygens (including phenoxy) is 1. The Morgan fingerprint density at radius 2 is 2.03 bits per heavy atom. The standard InChI is InChI=1S/C23H28N4O3S/c1-5-12-31-22-25-26(14-17(28)30-7-3)21-24-19-16-11-9-8-10-15(16)13-23(4,6-2)18(19)20(29)27(21)22/h8-11H,5-7,12-14H2,1-4H3/t23-/m1/s1. The van der Waals surface area contributed by atoms with Gasteiger partial charge in [0.25, 0.3) is 5.56 Å². The monoisotopic (exact) mass is 440 g/mol. The fraction of sp³-hybridized carbons (Fsp3) is 0.478. The molecule has 1 aliphatic rings. The number of aromatic nitrogens is 4. The van der Waals surface area contributed by atoms with Crippen LogP contribution in [0.15, 0.2) is 34.2 Å². The van der Waals surface area contributed by atoms with Crippen molar-refractivity contribution in [2.75, 3.05) is 12.4 Å². The minimum atomic E-state index is -0.398. The smallest absolute Gasteiger partial charge is 0.327 e. The zero-order chi connectivity index (χ0) is 22.2. The summed E-state index contributed by atoms with van der Waals surface area (Å²) in [4.78, 5) is 31.0. The lowest BCUT2D eigenvalue weighted by Gasteiger charge is -2.35. The van der Waals surface area contributed by atoms with Crippen LogP contribution in [-0.4, -0.2) is 37.5 Å². The van der Waals surface area contributed by atoms with E-state index < -0.39 is 5.97 Å². The largest absolute Gasteiger partial charge is 0.465 e. The summed E-state index contributed by atoms with van der Waals surface area (Å²) in [7, 11) is 0. The second-order valence-corrected chi connectivity index (χ2v) is 9.18. The van der Waals surface area contributed by atoms with Gasteiger partial charge in [-0.05, 0) is 31.7 Å². The maximum absolute atomic E-state index is 13.9. The molecule has 0 saturated carbocycles. The second-order valence-electron chi connectivity index (χ2n) is 8.12. The maximum Gasteiger partial charge on any atom is 0.327 e. The second kappa shape index (κ2) is 8.49. The maximum atomic E-state index is 13.9. The molecule has 2 heterocycles. The van der Waals surface area contributed by atoms with E-state index in [0.717, 1.165) is 36.1 Å². The predicted molar refractivity (Wildman–Crippen MR) is 122 cm³/mol. The molecule has 0 fully saturated rings. The molecule has 4 rings (SSSR count). The van der Waals surface area contributed by atoms with Crippen LogP contribution in [0.4, 0.5) is 0 Å². The number of thioether (sulfide) groups is 1. The van der Waals surface area contributed by atoms with Crippen molar-refractivity contribution < 1.29 is 9.53 Å². The molecule has 0 radical (unpaired) electrons. The highest BCUT2D eigenvalue weighted by Crippen LogP contribution is 2.42. The van der Waals surface area contributed by atoms with Crippen molar-refractivity contribution >= 4 is 23.5 Å². The summed E-state index contributed by atoms with van der Waals surface area (Å²) in [6.45, 7) is 8.31. The van der Waals surface area contributed by atoms with Gasteiger partial charge in [0.15, 0.2) is 5.16 Å². The van der Waals surface area contributed by atoms with Gasteiger partial charge in [0.2, 0.25) is 5.78 Å². The molecule has 7 nitrogen and oxygen atoms in total. The first-order valence-electron chi connectivity index (χ1n) is 10.8. The Labute approximate surface area is 185 Å². The van der Waals surface area contributed by atoms with Crippen LogP contribution in [0, 0.1) is 0 Å². The molecule has 2 aromatic heterocycles. The van der Waals surface area contributed by atoms with Gasteiger partial charge >= 0.3 is 5.97 Å². The van der Waals surface area contributed by atoms with Gasteiger partial charge < -0.3 is 4.74 Å². The fourth-order valence-electron chi connectivity index (χ4n) is 4.22. The number of benzene rings is 1. The van der Waals surface area contributed by atoms with Crippen molar-refractivity contribution in [3.05, 3.63) is 45.7 Å². The average Bonchev–Trinajstić information content (AvgIpc) is 3.09. The van der Waals surface area contributed by atoms with Crippen LogP contribution in [0.3, 0.4) is 0 Å². The van der Waals surface area contributed by atoms with E-state index in [2.05, 4.69) is 31.9 Å². The lowest BCUT2D eigenvalue weighted by Crippen LogP contribution is -2.38. The minimum Gasteiger partial charge on any atom is -0.465 e. The van der Waals surface area contributed by atoms with Gasteiger partial charge in [0.05, 0.1) is 17.9 Å². The third kappa shape index (κ3) is 3.67. The number of fused-ring (bicyclic) bond motifs is 4. The number of nitrogens with zero attached hydrogens (tertiary/aromatic N) is 4. The lowest BCUT2D eigenvalue weighted by atomic mass is 9.69.